The van der Waals surface area contributed by atoms with Crippen LogP contribution in [0.5, 0.6) is 5.75 Å². The molecule has 0 saturated carbocycles. The Morgan fingerprint density at radius 2 is 1.97 bits per heavy atom. The molecule has 3 aromatic carbocycles. The molecule has 0 radical (unpaired) electrons. The highest BCUT2D eigenvalue weighted by molar-refractivity contribution is 6.30. The second-order valence-corrected chi connectivity index (χ2v) is 10.1. The summed E-state index contributed by atoms with van der Waals surface area (Å²) in [6.07, 6.45) is -1.54. The van der Waals surface area contributed by atoms with Gasteiger partial charge in [-0.1, -0.05) is 18.2 Å². The van der Waals surface area contributed by atoms with Crippen LogP contribution in [0.4, 0.5) is 0 Å². The Balaban J connectivity index is 1.62. The van der Waals surface area contributed by atoms with Crippen molar-refractivity contribution in [2.75, 3.05) is 0 Å². The number of H-pyrrole nitrogens is 1. The van der Waals surface area contributed by atoms with Crippen molar-refractivity contribution in [3.8, 4) is 5.75 Å². The molecular formula is C28H26N4O5. The van der Waals surface area contributed by atoms with Gasteiger partial charge in [-0.05, 0) is 36.8 Å². The number of amides is 2. The Hall–Kier alpha value is -4.08. The molecule has 188 valence electrons. The molecule has 5 N–H and O–H groups in total. The van der Waals surface area contributed by atoms with Crippen molar-refractivity contribution < 1.29 is 24.5 Å². The summed E-state index contributed by atoms with van der Waals surface area (Å²) in [7, 11) is 0. The summed E-state index contributed by atoms with van der Waals surface area (Å²) < 4.78 is 8.46. The van der Waals surface area contributed by atoms with Crippen molar-refractivity contribution in [2.45, 2.75) is 51.3 Å². The molecule has 4 heterocycles. The Kier molecular flexibility index (Phi) is 4.61. The largest absolute Gasteiger partial charge is 0.508 e. The molecule has 7 rings (SSSR count). The van der Waals surface area contributed by atoms with E-state index in [1.54, 1.807) is 19.1 Å². The van der Waals surface area contributed by atoms with Gasteiger partial charge in [0.2, 0.25) is 5.91 Å². The van der Waals surface area contributed by atoms with Crippen LogP contribution in [0.15, 0.2) is 42.5 Å². The van der Waals surface area contributed by atoms with Crippen LogP contribution in [0.2, 0.25) is 0 Å². The lowest BCUT2D eigenvalue weighted by atomic mass is 9.96. The van der Waals surface area contributed by atoms with Gasteiger partial charge in [0.05, 0.1) is 34.3 Å². The number of carbonyl (C=O) groups excluding carboxylic acids is 2. The molecular weight excluding hydrogens is 472 g/mol. The maximum atomic E-state index is 13.3. The molecule has 2 aromatic heterocycles. The van der Waals surface area contributed by atoms with Gasteiger partial charge in [0.25, 0.3) is 5.91 Å². The minimum Gasteiger partial charge on any atom is -0.508 e. The highest BCUT2D eigenvalue weighted by atomic mass is 16.5. The highest BCUT2D eigenvalue weighted by Crippen LogP contribution is 2.46. The number of ether oxygens (including phenoxy) is 1. The molecule has 4 unspecified atom stereocenters. The first-order valence-electron chi connectivity index (χ1n) is 12.4. The number of aliphatic hydroxyl groups excluding tert-OH is 1. The Labute approximate surface area is 211 Å². The van der Waals surface area contributed by atoms with Crippen LogP contribution in [0.25, 0.3) is 43.6 Å². The van der Waals surface area contributed by atoms with Gasteiger partial charge < -0.3 is 35.1 Å². The number of phenols is 1. The molecule has 0 aliphatic carbocycles. The number of aromatic amines is 1. The third-order valence-corrected chi connectivity index (χ3v) is 7.83. The van der Waals surface area contributed by atoms with Crippen LogP contribution in [0.1, 0.15) is 42.4 Å². The first kappa shape index (κ1) is 22.1. The average Bonchev–Trinajstić information content (AvgIpc) is 3.52. The SMILES string of the molecule is CC(=O)NC1CC(n2c3ccccc3c3c4c(c5c6cc(O)ccc6[nH]c5c32)CNC4=O)OC(C)C1O. The van der Waals surface area contributed by atoms with E-state index in [1.807, 2.05) is 30.3 Å². The Morgan fingerprint density at radius 3 is 2.78 bits per heavy atom. The van der Waals surface area contributed by atoms with E-state index in [0.29, 0.717) is 18.5 Å². The Bertz CT molecular complexity index is 1780. The predicted octanol–water partition coefficient (Wildman–Crippen LogP) is 3.55. The molecule has 1 saturated heterocycles. The van der Waals surface area contributed by atoms with E-state index >= 15 is 0 Å². The molecule has 9 nitrogen and oxygen atoms in total. The average molecular weight is 499 g/mol. The lowest BCUT2D eigenvalue weighted by Crippen LogP contribution is -2.53. The monoisotopic (exact) mass is 498 g/mol. The first-order valence-corrected chi connectivity index (χ1v) is 12.4. The van der Waals surface area contributed by atoms with Crippen LogP contribution in [-0.2, 0) is 16.1 Å². The van der Waals surface area contributed by atoms with Gasteiger partial charge in [-0.15, -0.1) is 0 Å². The van der Waals surface area contributed by atoms with Gasteiger partial charge in [-0.25, -0.2) is 0 Å². The highest BCUT2D eigenvalue weighted by Gasteiger charge is 2.39. The molecule has 2 amide bonds. The van der Waals surface area contributed by atoms with Gasteiger partial charge in [0, 0.05) is 47.0 Å². The number of aromatic hydroxyl groups is 1. The van der Waals surface area contributed by atoms with Crippen LogP contribution < -0.4 is 10.6 Å². The van der Waals surface area contributed by atoms with Gasteiger partial charge in [-0.2, -0.15) is 0 Å². The maximum absolute atomic E-state index is 13.3. The topological polar surface area (TPSA) is 129 Å². The van der Waals surface area contributed by atoms with Crippen molar-refractivity contribution in [1.29, 1.82) is 0 Å². The molecule has 9 heteroatoms. The fourth-order valence-corrected chi connectivity index (χ4v) is 6.33. The summed E-state index contributed by atoms with van der Waals surface area (Å²) in [5, 5.41) is 30.4. The minimum atomic E-state index is -0.848. The van der Waals surface area contributed by atoms with E-state index < -0.39 is 24.5 Å². The number of hydrogen-bond acceptors (Lipinski definition) is 5. The summed E-state index contributed by atoms with van der Waals surface area (Å²) >= 11 is 0. The fourth-order valence-electron chi connectivity index (χ4n) is 6.33. The summed E-state index contributed by atoms with van der Waals surface area (Å²) in [4.78, 5) is 28.7. The summed E-state index contributed by atoms with van der Waals surface area (Å²) in [5.41, 5.74) is 4.94. The van der Waals surface area contributed by atoms with Gasteiger partial charge in [-0.3, -0.25) is 9.59 Å². The summed E-state index contributed by atoms with van der Waals surface area (Å²) in [6.45, 7) is 3.64. The van der Waals surface area contributed by atoms with E-state index in [-0.39, 0.29) is 17.6 Å². The van der Waals surface area contributed by atoms with Crippen LogP contribution in [0.3, 0.4) is 0 Å². The second-order valence-electron chi connectivity index (χ2n) is 10.1. The van der Waals surface area contributed by atoms with Crippen LogP contribution in [-0.4, -0.2) is 49.8 Å². The Morgan fingerprint density at radius 1 is 1.16 bits per heavy atom. The van der Waals surface area contributed by atoms with Crippen molar-refractivity contribution in [2.24, 2.45) is 0 Å². The first-order chi connectivity index (χ1) is 17.8. The minimum absolute atomic E-state index is 0.135. The van der Waals surface area contributed by atoms with Crippen molar-refractivity contribution >= 4 is 55.4 Å². The van der Waals surface area contributed by atoms with Crippen molar-refractivity contribution in [3.05, 3.63) is 53.6 Å². The fraction of sp³-hybridized carbons (Fsp3) is 0.286. The third-order valence-electron chi connectivity index (χ3n) is 7.83. The zero-order valence-electron chi connectivity index (χ0n) is 20.3. The summed E-state index contributed by atoms with van der Waals surface area (Å²) in [6, 6.07) is 12.6. The lowest BCUT2D eigenvalue weighted by molar-refractivity contribution is -0.152. The van der Waals surface area contributed by atoms with Gasteiger partial charge >= 0.3 is 0 Å². The summed E-state index contributed by atoms with van der Waals surface area (Å²) in [5.74, 6) is -0.202. The van der Waals surface area contributed by atoms with Crippen LogP contribution in [0, 0.1) is 0 Å². The molecule has 1 fully saturated rings. The van der Waals surface area contributed by atoms with Crippen molar-refractivity contribution in [3.63, 3.8) is 0 Å². The molecule has 0 bridgehead atoms. The van der Waals surface area contributed by atoms with E-state index in [4.69, 9.17) is 4.74 Å². The number of nitrogens with one attached hydrogen (secondary N) is 3. The molecule has 2 aliphatic rings. The predicted molar refractivity (Wildman–Crippen MR) is 139 cm³/mol. The smallest absolute Gasteiger partial charge is 0.252 e. The number of phenolic OH excluding ortho intramolecular Hbond substituents is 1. The van der Waals surface area contributed by atoms with E-state index in [9.17, 15) is 19.8 Å². The van der Waals surface area contributed by atoms with Crippen molar-refractivity contribution in [1.82, 2.24) is 20.2 Å². The quantitative estimate of drug-likeness (QED) is 0.254. The van der Waals surface area contributed by atoms with E-state index in [2.05, 4.69) is 20.2 Å². The number of nitrogens with zero attached hydrogens (tertiary/aromatic N) is 1. The molecule has 4 atom stereocenters. The van der Waals surface area contributed by atoms with Crippen LogP contribution >= 0.6 is 0 Å². The lowest BCUT2D eigenvalue weighted by Gasteiger charge is -2.39. The number of aromatic nitrogens is 2. The molecule has 0 spiro atoms. The maximum Gasteiger partial charge on any atom is 0.252 e. The second kappa shape index (κ2) is 7.71. The van der Waals surface area contributed by atoms with Gasteiger partial charge in [0.15, 0.2) is 0 Å². The molecule has 37 heavy (non-hydrogen) atoms. The number of benzene rings is 3. The standard InChI is InChI=1S/C28H26N4O5/c1-12-27(35)19(30-13(2)33)10-21(37-12)32-20-6-4-3-5-15(20)23-24-17(11-29-28(24)36)22-16-9-14(34)7-8-18(16)31-25(22)26(23)32/h3-9,12,19,21,27,31,34-35H,10-11H2,1-2H3,(H,29,36)(H,30,33). The third kappa shape index (κ3) is 3.04. The number of aliphatic hydroxyl groups is 1. The molecule has 5 aromatic rings. The molecule has 2 aliphatic heterocycles. The number of hydrogen-bond donors (Lipinski definition) is 5. The number of rotatable bonds is 2. The van der Waals surface area contributed by atoms with E-state index in [1.165, 1.54) is 6.92 Å². The normalized spacial score (nSPS) is 23.7. The van der Waals surface area contributed by atoms with E-state index in [0.717, 1.165) is 49.2 Å². The zero-order chi connectivity index (χ0) is 25.6. The number of fused-ring (bicyclic) bond motifs is 10. The zero-order valence-corrected chi connectivity index (χ0v) is 20.3. The number of carbonyl (C=O) groups is 2. The van der Waals surface area contributed by atoms with Gasteiger partial charge in [0.1, 0.15) is 18.1 Å². The number of para-hydroxylation sites is 1.